The number of nitrogens with zero attached hydrogens (tertiary/aromatic N) is 4. The fraction of sp³-hybridized carbons (Fsp3) is 0. The van der Waals surface area contributed by atoms with Crippen molar-refractivity contribution in [2.45, 2.75) is 0 Å². The van der Waals surface area contributed by atoms with Crippen LogP contribution in [-0.2, 0) is 0 Å². The zero-order valence-corrected chi connectivity index (χ0v) is 31.9. The Morgan fingerprint density at radius 1 is 0.271 bits per heavy atom. The van der Waals surface area contributed by atoms with Gasteiger partial charge in [-0.3, -0.25) is 0 Å². The van der Waals surface area contributed by atoms with Gasteiger partial charge in [-0.2, -0.15) is 0 Å². The summed E-state index contributed by atoms with van der Waals surface area (Å²) in [5.41, 5.74) is 15.2. The summed E-state index contributed by atoms with van der Waals surface area (Å²) in [5, 5.41) is 7.21. The highest BCUT2D eigenvalue weighted by molar-refractivity contribution is 6.13. The maximum atomic E-state index is 8.18. The zero-order valence-electron chi connectivity index (χ0n) is 31.9. The molecule has 0 aliphatic carbocycles. The Labute approximate surface area is 340 Å². The van der Waals surface area contributed by atoms with Crippen LogP contribution in [0.3, 0.4) is 0 Å². The Hall–Kier alpha value is -8.13. The number of rotatable bonds is 5. The van der Waals surface area contributed by atoms with Crippen LogP contribution in [0.4, 0.5) is 5.69 Å². The van der Waals surface area contributed by atoms with Gasteiger partial charge in [-0.1, -0.05) is 109 Å². The molecule has 12 aromatic rings. The highest BCUT2D eigenvalue weighted by Crippen LogP contribution is 2.41. The summed E-state index contributed by atoms with van der Waals surface area (Å²) in [6, 6.07) is 73.7. The molecule has 0 aliphatic heterocycles. The van der Waals surface area contributed by atoms with Gasteiger partial charge < -0.3 is 13.7 Å². The SMILES string of the molecule is [C-]#[N+]c1cc(-c2ccc3c(c2)c2ccccc2n3-c2ccccc2)cc(-n2c3ccccc3c3cc(-c4ccc5c(c4)c4ccccc4n5-c4ccccc4)ccc32)c1. The van der Waals surface area contributed by atoms with Crippen molar-refractivity contribution >= 4 is 71.1 Å². The van der Waals surface area contributed by atoms with E-state index in [1.807, 2.05) is 12.1 Å². The molecule has 3 aromatic heterocycles. The Morgan fingerprint density at radius 3 is 1.05 bits per heavy atom. The van der Waals surface area contributed by atoms with Crippen LogP contribution in [0, 0.1) is 6.57 Å². The molecule has 0 amide bonds. The molecule has 4 nitrogen and oxygen atoms in total. The standard InChI is InChI=1S/C55H34N4/c1-56-40-30-39(38-26-29-54-49(34-38)45-19-9-12-22-51(45)58(54)42-16-6-3-7-17-42)31-43(35-40)59-52-23-13-10-20-46(52)48-33-37(25-28-55(48)59)36-24-27-53-47(32-36)44-18-8-11-21-50(44)57(53)41-14-4-2-5-15-41/h2-35H. The van der Waals surface area contributed by atoms with Crippen LogP contribution in [0.5, 0.6) is 0 Å². The summed E-state index contributed by atoms with van der Waals surface area (Å²) in [7, 11) is 0. The molecule has 0 fully saturated rings. The monoisotopic (exact) mass is 750 g/mol. The first-order chi connectivity index (χ1) is 29.2. The Bertz CT molecular complexity index is 3670. The highest BCUT2D eigenvalue weighted by atomic mass is 15.0. The summed E-state index contributed by atoms with van der Waals surface area (Å²) in [6.07, 6.45) is 0. The molecule has 0 radical (unpaired) electrons. The molecule has 0 saturated carbocycles. The van der Waals surface area contributed by atoms with E-state index in [4.69, 9.17) is 6.57 Å². The van der Waals surface area contributed by atoms with E-state index >= 15 is 0 Å². The van der Waals surface area contributed by atoms with Gasteiger partial charge in [0.15, 0.2) is 5.69 Å². The molecule has 0 atom stereocenters. The fourth-order valence-corrected chi connectivity index (χ4v) is 9.40. The van der Waals surface area contributed by atoms with Crippen LogP contribution in [0.25, 0.3) is 110 Å². The molecule has 0 aliphatic rings. The smallest absolute Gasteiger partial charge is 0.189 e. The van der Waals surface area contributed by atoms with Crippen molar-refractivity contribution in [1.82, 2.24) is 13.7 Å². The number of hydrogen-bond acceptors (Lipinski definition) is 0. The lowest BCUT2D eigenvalue weighted by Gasteiger charge is -2.13. The Kier molecular flexibility index (Phi) is 7.26. The van der Waals surface area contributed by atoms with Crippen LogP contribution < -0.4 is 0 Å². The second-order valence-electron chi connectivity index (χ2n) is 15.3. The lowest BCUT2D eigenvalue weighted by Crippen LogP contribution is -1.95. The first-order valence-corrected chi connectivity index (χ1v) is 20.0. The maximum absolute atomic E-state index is 8.18. The van der Waals surface area contributed by atoms with Gasteiger partial charge in [0.1, 0.15) is 0 Å². The lowest BCUT2D eigenvalue weighted by atomic mass is 10.0. The fourth-order valence-electron chi connectivity index (χ4n) is 9.40. The van der Waals surface area contributed by atoms with E-state index in [1.54, 1.807) is 0 Å². The predicted molar refractivity (Wildman–Crippen MR) is 247 cm³/mol. The van der Waals surface area contributed by atoms with Gasteiger partial charge in [-0.25, -0.2) is 4.85 Å². The molecule has 3 heterocycles. The summed E-state index contributed by atoms with van der Waals surface area (Å²) in [5.74, 6) is 0. The first-order valence-electron chi connectivity index (χ1n) is 20.0. The molecule has 0 saturated heterocycles. The maximum Gasteiger partial charge on any atom is 0.189 e. The summed E-state index contributed by atoms with van der Waals surface area (Å²) in [6.45, 7) is 8.18. The third-order valence-electron chi connectivity index (χ3n) is 12.0. The Morgan fingerprint density at radius 2 is 0.627 bits per heavy atom. The molecule has 9 aromatic carbocycles. The minimum absolute atomic E-state index is 0.606. The minimum atomic E-state index is 0.606. The van der Waals surface area contributed by atoms with Crippen LogP contribution in [0.15, 0.2) is 206 Å². The van der Waals surface area contributed by atoms with Gasteiger partial charge in [0.05, 0.1) is 39.7 Å². The van der Waals surface area contributed by atoms with Crippen LogP contribution >= 0.6 is 0 Å². The highest BCUT2D eigenvalue weighted by Gasteiger charge is 2.18. The van der Waals surface area contributed by atoms with Crippen molar-refractivity contribution in [3.8, 4) is 39.3 Å². The predicted octanol–water partition coefficient (Wildman–Crippen LogP) is 14.9. The quantitative estimate of drug-likeness (QED) is 0.156. The van der Waals surface area contributed by atoms with E-state index in [9.17, 15) is 0 Å². The topological polar surface area (TPSA) is 19.1 Å². The largest absolute Gasteiger partial charge is 0.310 e. The van der Waals surface area contributed by atoms with E-state index in [2.05, 4.69) is 213 Å². The van der Waals surface area contributed by atoms with Gasteiger partial charge in [0, 0.05) is 49.4 Å². The van der Waals surface area contributed by atoms with E-state index in [0.717, 1.165) is 50.3 Å². The molecule has 0 bridgehead atoms. The van der Waals surface area contributed by atoms with Gasteiger partial charge >= 0.3 is 0 Å². The number of fused-ring (bicyclic) bond motifs is 9. The average Bonchev–Trinajstić information content (AvgIpc) is 3.94. The first kappa shape index (κ1) is 33.1. The third kappa shape index (κ3) is 5.09. The number of hydrogen-bond donors (Lipinski definition) is 0. The second kappa shape index (κ2) is 13.0. The van der Waals surface area contributed by atoms with Crippen LogP contribution in [-0.4, -0.2) is 13.7 Å². The molecular weight excluding hydrogens is 717 g/mol. The molecule has 0 unspecified atom stereocenters. The lowest BCUT2D eigenvalue weighted by molar-refractivity contribution is 1.18. The number of para-hydroxylation sites is 5. The van der Waals surface area contributed by atoms with Crippen molar-refractivity contribution in [3.05, 3.63) is 218 Å². The Balaban J connectivity index is 1.01. The molecule has 12 rings (SSSR count). The third-order valence-corrected chi connectivity index (χ3v) is 12.0. The number of aromatic nitrogens is 3. The van der Waals surface area contributed by atoms with E-state index in [1.165, 1.54) is 54.4 Å². The van der Waals surface area contributed by atoms with Crippen molar-refractivity contribution in [3.63, 3.8) is 0 Å². The molecular formula is C55H34N4. The zero-order chi connectivity index (χ0) is 39.0. The average molecular weight is 751 g/mol. The summed E-state index contributed by atoms with van der Waals surface area (Å²) in [4.78, 5) is 4.00. The minimum Gasteiger partial charge on any atom is -0.310 e. The normalized spacial score (nSPS) is 11.7. The van der Waals surface area contributed by atoms with E-state index in [-0.39, 0.29) is 0 Å². The molecule has 0 N–H and O–H groups in total. The van der Waals surface area contributed by atoms with Gasteiger partial charge in [0.25, 0.3) is 0 Å². The molecule has 0 spiro atoms. The molecule has 59 heavy (non-hydrogen) atoms. The van der Waals surface area contributed by atoms with Crippen molar-refractivity contribution in [1.29, 1.82) is 0 Å². The molecule has 274 valence electrons. The van der Waals surface area contributed by atoms with Gasteiger partial charge in [-0.15, -0.1) is 0 Å². The van der Waals surface area contributed by atoms with Crippen LogP contribution in [0.2, 0.25) is 0 Å². The van der Waals surface area contributed by atoms with E-state index < -0.39 is 0 Å². The van der Waals surface area contributed by atoms with Crippen LogP contribution in [0.1, 0.15) is 0 Å². The summed E-state index contributed by atoms with van der Waals surface area (Å²) >= 11 is 0. The summed E-state index contributed by atoms with van der Waals surface area (Å²) < 4.78 is 7.02. The second-order valence-corrected chi connectivity index (χ2v) is 15.3. The number of benzene rings is 9. The van der Waals surface area contributed by atoms with Gasteiger partial charge in [-0.05, 0) is 119 Å². The van der Waals surface area contributed by atoms with Crippen molar-refractivity contribution < 1.29 is 0 Å². The van der Waals surface area contributed by atoms with Crippen molar-refractivity contribution in [2.75, 3.05) is 0 Å². The van der Waals surface area contributed by atoms with E-state index in [0.29, 0.717) is 5.69 Å². The van der Waals surface area contributed by atoms with Crippen molar-refractivity contribution in [2.24, 2.45) is 0 Å². The molecule has 4 heteroatoms. The van der Waals surface area contributed by atoms with Gasteiger partial charge in [0.2, 0.25) is 0 Å².